The number of nitrogens with one attached hydrogen (secondary N) is 1. The molecule has 4 heterocycles. The summed E-state index contributed by atoms with van der Waals surface area (Å²) in [4.78, 5) is 36.6. The summed E-state index contributed by atoms with van der Waals surface area (Å²) in [6.07, 6.45) is 5.44. The number of hydrogen-bond donors (Lipinski definition) is 1. The van der Waals surface area contributed by atoms with E-state index in [0.717, 1.165) is 55.9 Å². The minimum atomic E-state index is -0.641. The molecule has 2 aliphatic heterocycles. The molecule has 210 valence electrons. The number of halogens is 2. The standard InChI is InChI=1S/C29H31ClFN5O4/c1-39-15-17-5-8-19(20(31)14-17)26-27-21(33-24-4-2-3-12-35(24)27)11-13-36(26)25(37)16-40-23-10-9-22(34-28(23)30)29(38)32-18-6-7-18/h5,8-10,14,18,26H,2-4,6-7,11-13,15-16H2,1H3,(H,32,38). The lowest BCUT2D eigenvalue weighted by Crippen LogP contribution is -2.44. The van der Waals surface area contributed by atoms with Crippen LogP contribution in [0.3, 0.4) is 0 Å². The molecule has 9 nitrogen and oxygen atoms in total. The Morgan fingerprint density at radius 1 is 1.12 bits per heavy atom. The highest BCUT2D eigenvalue weighted by Gasteiger charge is 2.38. The van der Waals surface area contributed by atoms with Crippen molar-refractivity contribution in [3.8, 4) is 5.75 Å². The molecule has 0 radical (unpaired) electrons. The number of carbonyl (C=O) groups excluding carboxylic acids is 2. The lowest BCUT2D eigenvalue weighted by atomic mass is 9.93. The molecule has 1 unspecified atom stereocenters. The average molecular weight is 568 g/mol. The smallest absolute Gasteiger partial charge is 0.270 e. The van der Waals surface area contributed by atoms with E-state index in [9.17, 15) is 9.59 Å². The van der Waals surface area contributed by atoms with Gasteiger partial charge in [0.25, 0.3) is 11.8 Å². The maximum atomic E-state index is 15.6. The van der Waals surface area contributed by atoms with Gasteiger partial charge in [0.05, 0.1) is 18.0 Å². The largest absolute Gasteiger partial charge is 0.481 e. The summed E-state index contributed by atoms with van der Waals surface area (Å²) in [6, 6.07) is 7.65. The fraction of sp³-hybridized carbons (Fsp3) is 0.448. The van der Waals surface area contributed by atoms with Crippen LogP contribution in [0.1, 0.15) is 70.6 Å². The first-order chi connectivity index (χ1) is 19.4. The third-order valence-corrected chi connectivity index (χ3v) is 7.93. The number of amides is 2. The lowest BCUT2D eigenvalue weighted by molar-refractivity contribution is -0.135. The molecule has 0 bridgehead atoms. The van der Waals surface area contributed by atoms with Crippen LogP contribution < -0.4 is 10.1 Å². The van der Waals surface area contributed by atoms with Gasteiger partial charge in [-0.15, -0.1) is 0 Å². The number of ether oxygens (including phenoxy) is 2. The molecule has 1 aromatic carbocycles. The van der Waals surface area contributed by atoms with E-state index in [-0.39, 0.29) is 41.1 Å². The summed E-state index contributed by atoms with van der Waals surface area (Å²) in [6.45, 7) is 1.15. The van der Waals surface area contributed by atoms with Gasteiger partial charge in [-0.2, -0.15) is 0 Å². The van der Waals surface area contributed by atoms with Crippen LogP contribution in [0.15, 0.2) is 30.3 Å². The van der Waals surface area contributed by atoms with Crippen molar-refractivity contribution in [2.45, 2.75) is 63.8 Å². The topological polar surface area (TPSA) is 98.6 Å². The zero-order chi connectivity index (χ0) is 27.8. The van der Waals surface area contributed by atoms with E-state index >= 15 is 4.39 Å². The van der Waals surface area contributed by atoms with Crippen LogP contribution >= 0.6 is 11.6 Å². The second-order valence-corrected chi connectivity index (χ2v) is 10.9. The lowest BCUT2D eigenvalue weighted by Gasteiger charge is -2.37. The van der Waals surface area contributed by atoms with Crippen molar-refractivity contribution in [2.24, 2.45) is 0 Å². The summed E-state index contributed by atoms with van der Waals surface area (Å²) in [5, 5.41) is 2.87. The van der Waals surface area contributed by atoms with Gasteiger partial charge < -0.3 is 24.3 Å². The Hall–Kier alpha value is -3.50. The van der Waals surface area contributed by atoms with E-state index in [1.807, 2.05) is 6.07 Å². The molecule has 2 amide bonds. The number of fused-ring (bicyclic) bond motifs is 3. The van der Waals surface area contributed by atoms with E-state index in [2.05, 4.69) is 14.9 Å². The average Bonchev–Trinajstić information content (AvgIpc) is 3.68. The zero-order valence-corrected chi connectivity index (χ0v) is 23.0. The second kappa shape index (κ2) is 11.2. The summed E-state index contributed by atoms with van der Waals surface area (Å²) in [5.41, 5.74) is 3.11. The number of benzene rings is 1. The molecule has 1 saturated carbocycles. The van der Waals surface area contributed by atoms with Crippen LogP contribution in [0, 0.1) is 5.82 Å². The van der Waals surface area contributed by atoms with Crippen LogP contribution in [0.25, 0.3) is 0 Å². The fourth-order valence-corrected chi connectivity index (χ4v) is 5.76. The van der Waals surface area contributed by atoms with Gasteiger partial charge in [-0.05, 0) is 49.4 Å². The van der Waals surface area contributed by atoms with Crippen molar-refractivity contribution in [2.75, 3.05) is 20.3 Å². The predicted octanol–water partition coefficient (Wildman–Crippen LogP) is 4.00. The maximum absolute atomic E-state index is 15.6. The normalized spacial score (nSPS) is 18.2. The Morgan fingerprint density at radius 2 is 1.98 bits per heavy atom. The molecule has 2 aromatic heterocycles. The highest BCUT2D eigenvalue weighted by Crippen LogP contribution is 2.39. The third-order valence-electron chi connectivity index (χ3n) is 7.66. The van der Waals surface area contributed by atoms with Crippen LogP contribution in [0.5, 0.6) is 5.75 Å². The van der Waals surface area contributed by atoms with Gasteiger partial charge in [-0.1, -0.05) is 23.7 Å². The molecular weight excluding hydrogens is 537 g/mol. The zero-order valence-electron chi connectivity index (χ0n) is 22.3. The molecule has 1 fully saturated rings. The molecule has 3 aromatic rings. The summed E-state index contributed by atoms with van der Waals surface area (Å²) in [5.74, 6) is 0.191. The van der Waals surface area contributed by atoms with Gasteiger partial charge in [0.2, 0.25) is 0 Å². The van der Waals surface area contributed by atoms with Gasteiger partial charge >= 0.3 is 0 Å². The Balaban J connectivity index is 1.26. The van der Waals surface area contributed by atoms with Crippen molar-refractivity contribution < 1.29 is 23.5 Å². The molecule has 40 heavy (non-hydrogen) atoms. The first-order valence-electron chi connectivity index (χ1n) is 13.7. The SMILES string of the molecule is COCc1ccc(C2c3c(nc4n3CCCC4)CCN2C(=O)COc2ccc(C(=O)NC3CC3)nc2Cl)c(F)c1. The van der Waals surface area contributed by atoms with Crippen molar-refractivity contribution in [3.05, 3.63) is 75.3 Å². The van der Waals surface area contributed by atoms with Crippen molar-refractivity contribution in [1.82, 2.24) is 24.8 Å². The van der Waals surface area contributed by atoms with E-state index < -0.39 is 11.9 Å². The second-order valence-electron chi connectivity index (χ2n) is 10.5. The highest BCUT2D eigenvalue weighted by molar-refractivity contribution is 6.31. The van der Waals surface area contributed by atoms with Gasteiger partial charge in [-0.25, -0.2) is 14.4 Å². The Labute approximate surface area is 236 Å². The van der Waals surface area contributed by atoms with Gasteiger partial charge in [-0.3, -0.25) is 9.59 Å². The van der Waals surface area contributed by atoms with E-state index in [0.29, 0.717) is 30.7 Å². The predicted molar refractivity (Wildman–Crippen MR) is 145 cm³/mol. The van der Waals surface area contributed by atoms with E-state index in [1.165, 1.54) is 18.2 Å². The molecule has 1 N–H and O–H groups in total. The van der Waals surface area contributed by atoms with Crippen LogP contribution in [-0.2, 0) is 35.5 Å². The number of aryl methyl sites for hydroxylation is 1. The first kappa shape index (κ1) is 26.7. The molecule has 0 spiro atoms. The Bertz CT molecular complexity index is 1460. The number of nitrogens with zero attached hydrogens (tertiary/aromatic N) is 4. The van der Waals surface area contributed by atoms with Crippen LogP contribution in [-0.4, -0.2) is 57.6 Å². The van der Waals surface area contributed by atoms with E-state index in [1.54, 1.807) is 18.1 Å². The number of rotatable bonds is 8. The number of aromatic nitrogens is 3. The monoisotopic (exact) mass is 567 g/mol. The molecule has 3 aliphatic rings. The number of imidazole rings is 1. The van der Waals surface area contributed by atoms with Crippen LogP contribution in [0.2, 0.25) is 5.15 Å². The molecule has 1 aliphatic carbocycles. The highest BCUT2D eigenvalue weighted by atomic mass is 35.5. The number of carbonyl (C=O) groups is 2. The quantitative estimate of drug-likeness (QED) is 0.413. The summed E-state index contributed by atoms with van der Waals surface area (Å²) >= 11 is 6.30. The Kier molecular flexibility index (Phi) is 7.46. The molecule has 0 saturated heterocycles. The summed E-state index contributed by atoms with van der Waals surface area (Å²) < 4.78 is 28.7. The minimum Gasteiger partial charge on any atom is -0.481 e. The molecule has 1 atom stereocenters. The molecular formula is C29H31ClFN5O4. The molecule has 11 heteroatoms. The van der Waals surface area contributed by atoms with Crippen molar-refractivity contribution in [3.63, 3.8) is 0 Å². The van der Waals surface area contributed by atoms with Gasteiger partial charge in [0.15, 0.2) is 17.5 Å². The minimum absolute atomic E-state index is 0.00152. The van der Waals surface area contributed by atoms with Gasteiger partial charge in [0.1, 0.15) is 23.4 Å². The fourth-order valence-electron chi connectivity index (χ4n) is 5.55. The first-order valence-corrected chi connectivity index (χ1v) is 14.1. The summed E-state index contributed by atoms with van der Waals surface area (Å²) in [7, 11) is 1.57. The number of methoxy groups -OCH3 is 1. The van der Waals surface area contributed by atoms with E-state index in [4.69, 9.17) is 26.1 Å². The van der Waals surface area contributed by atoms with Crippen LogP contribution in [0.4, 0.5) is 4.39 Å². The van der Waals surface area contributed by atoms with Crippen molar-refractivity contribution in [1.29, 1.82) is 0 Å². The Morgan fingerprint density at radius 3 is 2.73 bits per heavy atom. The third kappa shape index (κ3) is 5.30. The van der Waals surface area contributed by atoms with Gasteiger partial charge in [0, 0.05) is 44.6 Å². The number of hydrogen-bond acceptors (Lipinski definition) is 6. The molecule has 6 rings (SSSR count). The number of pyridine rings is 1. The maximum Gasteiger partial charge on any atom is 0.270 e. The van der Waals surface area contributed by atoms with Crippen molar-refractivity contribution >= 4 is 23.4 Å².